The molecule has 4 rings (SSSR count). The summed E-state index contributed by atoms with van der Waals surface area (Å²) in [5.41, 5.74) is 1.78. The van der Waals surface area contributed by atoms with Gasteiger partial charge in [0.15, 0.2) is 0 Å². The number of halogens is 3. The minimum atomic E-state index is -4.51. The van der Waals surface area contributed by atoms with Gasteiger partial charge in [0.25, 0.3) is 5.56 Å². The molecule has 0 aliphatic carbocycles. The number of aromatic amines is 1. The van der Waals surface area contributed by atoms with Crippen LogP contribution in [0.2, 0.25) is 0 Å². The monoisotopic (exact) mass is 402 g/mol. The lowest BCUT2D eigenvalue weighted by molar-refractivity contribution is -0.137. The van der Waals surface area contributed by atoms with Crippen molar-refractivity contribution in [3.63, 3.8) is 0 Å². The molecule has 2 heterocycles. The van der Waals surface area contributed by atoms with E-state index in [4.69, 9.17) is 4.74 Å². The first-order valence-electron chi connectivity index (χ1n) is 9.44. The zero-order valence-corrected chi connectivity index (χ0v) is 16.2. The summed E-state index contributed by atoms with van der Waals surface area (Å²) in [6.07, 6.45) is -4.51. The Labute approximate surface area is 165 Å². The van der Waals surface area contributed by atoms with Crippen LogP contribution in [0.1, 0.15) is 16.7 Å². The summed E-state index contributed by atoms with van der Waals surface area (Å²) in [5.74, 6) is 0. The van der Waals surface area contributed by atoms with Crippen molar-refractivity contribution in [2.24, 2.45) is 0 Å². The summed E-state index contributed by atoms with van der Waals surface area (Å²) in [6, 6.07) is 8.78. The van der Waals surface area contributed by atoms with Gasteiger partial charge in [0, 0.05) is 30.0 Å². The topological polar surface area (TPSA) is 45.3 Å². The molecule has 152 valence electrons. The fourth-order valence-corrected chi connectivity index (χ4v) is 4.18. The highest BCUT2D eigenvalue weighted by Gasteiger charge is 2.33. The Balaban J connectivity index is 1.91. The van der Waals surface area contributed by atoms with Gasteiger partial charge in [-0.25, -0.2) is 0 Å². The molecule has 1 aromatic heterocycles. The predicted octanol–water partition coefficient (Wildman–Crippen LogP) is 4.67. The third-order valence-electron chi connectivity index (χ3n) is 5.39. The molecule has 1 N–H and O–H groups in total. The highest BCUT2D eigenvalue weighted by molar-refractivity contribution is 5.93. The molecule has 0 amide bonds. The largest absolute Gasteiger partial charge is 0.417 e. The fourth-order valence-electron chi connectivity index (χ4n) is 4.18. The van der Waals surface area contributed by atoms with Crippen molar-refractivity contribution in [1.82, 2.24) is 4.98 Å². The van der Waals surface area contributed by atoms with Gasteiger partial charge >= 0.3 is 6.18 Å². The first kappa shape index (κ1) is 19.5. The van der Waals surface area contributed by atoms with Crippen LogP contribution in [-0.4, -0.2) is 31.3 Å². The van der Waals surface area contributed by atoms with Gasteiger partial charge in [0.2, 0.25) is 0 Å². The van der Waals surface area contributed by atoms with E-state index in [1.54, 1.807) is 6.07 Å². The van der Waals surface area contributed by atoms with Crippen molar-refractivity contribution in [2.45, 2.75) is 20.0 Å². The van der Waals surface area contributed by atoms with Crippen molar-refractivity contribution in [3.05, 3.63) is 63.4 Å². The number of H-pyrrole nitrogens is 1. The summed E-state index contributed by atoms with van der Waals surface area (Å²) in [7, 11) is 0. The van der Waals surface area contributed by atoms with Crippen LogP contribution in [0.5, 0.6) is 0 Å². The number of morpholine rings is 1. The third kappa shape index (κ3) is 3.51. The minimum Gasteiger partial charge on any atom is -0.378 e. The molecule has 1 fully saturated rings. The Hall–Kier alpha value is -2.80. The molecule has 1 aliphatic heterocycles. The second kappa shape index (κ2) is 7.22. The first-order valence-corrected chi connectivity index (χ1v) is 9.44. The van der Waals surface area contributed by atoms with Gasteiger partial charge in [0.05, 0.1) is 24.2 Å². The Kier molecular flexibility index (Phi) is 4.86. The molecule has 7 heteroatoms. The van der Waals surface area contributed by atoms with Crippen molar-refractivity contribution in [1.29, 1.82) is 0 Å². The lowest BCUT2D eigenvalue weighted by Gasteiger charge is -2.32. The number of hydrogen-bond acceptors (Lipinski definition) is 3. The zero-order chi connectivity index (χ0) is 20.8. The molecule has 0 atom stereocenters. The van der Waals surface area contributed by atoms with Crippen LogP contribution < -0.4 is 10.5 Å². The zero-order valence-electron chi connectivity index (χ0n) is 16.2. The molecule has 3 aromatic rings. The second-order valence-electron chi connectivity index (χ2n) is 7.29. The van der Waals surface area contributed by atoms with Crippen molar-refractivity contribution in [2.75, 3.05) is 31.2 Å². The van der Waals surface area contributed by atoms with E-state index >= 15 is 0 Å². The number of fused-ring (bicyclic) bond motifs is 1. The van der Waals surface area contributed by atoms with E-state index < -0.39 is 11.7 Å². The smallest absolute Gasteiger partial charge is 0.378 e. The van der Waals surface area contributed by atoms with Crippen LogP contribution in [0.25, 0.3) is 22.0 Å². The Bertz CT molecular complexity index is 1130. The standard InChI is InChI=1S/C22H21F3N2O2/c1-13-11-15-12-18(16-5-3-4-6-17(16)22(23,24)25)26-21(28)19(15)14(2)20(13)27-7-9-29-10-8-27/h3-6,11-12H,7-10H2,1-2H3,(H,26,28). The SMILES string of the molecule is Cc1cc2cc(-c3ccccc3C(F)(F)F)[nH]c(=O)c2c(C)c1N1CCOCC1. The highest BCUT2D eigenvalue weighted by atomic mass is 19.4. The number of aromatic nitrogens is 1. The van der Waals surface area contributed by atoms with Gasteiger partial charge in [-0.15, -0.1) is 0 Å². The van der Waals surface area contributed by atoms with Crippen LogP contribution in [0.15, 0.2) is 41.2 Å². The molecule has 4 nitrogen and oxygen atoms in total. The number of pyridine rings is 1. The van der Waals surface area contributed by atoms with Crippen molar-refractivity contribution < 1.29 is 17.9 Å². The Morgan fingerprint density at radius 3 is 2.45 bits per heavy atom. The van der Waals surface area contributed by atoms with E-state index in [0.29, 0.717) is 24.0 Å². The number of aryl methyl sites for hydroxylation is 2. The van der Waals surface area contributed by atoms with E-state index in [2.05, 4.69) is 9.88 Å². The number of hydrogen-bond donors (Lipinski definition) is 1. The Morgan fingerprint density at radius 2 is 1.76 bits per heavy atom. The molecular weight excluding hydrogens is 381 g/mol. The maximum atomic E-state index is 13.4. The lowest BCUT2D eigenvalue weighted by Crippen LogP contribution is -2.37. The number of ether oxygens (including phenoxy) is 1. The molecule has 0 saturated carbocycles. The second-order valence-corrected chi connectivity index (χ2v) is 7.29. The summed E-state index contributed by atoms with van der Waals surface area (Å²) in [4.78, 5) is 17.8. The molecule has 29 heavy (non-hydrogen) atoms. The number of alkyl halides is 3. The van der Waals surface area contributed by atoms with E-state index in [0.717, 1.165) is 36.0 Å². The highest BCUT2D eigenvalue weighted by Crippen LogP contribution is 2.37. The van der Waals surface area contributed by atoms with Crippen molar-refractivity contribution >= 4 is 16.5 Å². The van der Waals surface area contributed by atoms with Crippen LogP contribution in [0, 0.1) is 13.8 Å². The third-order valence-corrected chi connectivity index (χ3v) is 5.39. The maximum absolute atomic E-state index is 13.4. The normalized spacial score (nSPS) is 15.1. The number of rotatable bonds is 2. The first-order chi connectivity index (χ1) is 13.8. The quantitative estimate of drug-likeness (QED) is 0.678. The fraction of sp³-hybridized carbons (Fsp3) is 0.318. The van der Waals surface area contributed by atoms with E-state index in [9.17, 15) is 18.0 Å². The molecule has 1 aliphatic rings. The van der Waals surface area contributed by atoms with Crippen LogP contribution >= 0.6 is 0 Å². The number of nitrogens with one attached hydrogen (secondary N) is 1. The van der Waals surface area contributed by atoms with Crippen LogP contribution in [0.4, 0.5) is 18.9 Å². The summed E-state index contributed by atoms with van der Waals surface area (Å²) in [6.45, 7) is 6.58. The van der Waals surface area contributed by atoms with Gasteiger partial charge in [-0.2, -0.15) is 13.2 Å². The van der Waals surface area contributed by atoms with Gasteiger partial charge in [0.1, 0.15) is 0 Å². The summed E-state index contributed by atoms with van der Waals surface area (Å²) in [5, 5.41) is 1.14. The van der Waals surface area contributed by atoms with E-state index in [1.165, 1.54) is 18.2 Å². The average molecular weight is 402 g/mol. The van der Waals surface area contributed by atoms with Crippen LogP contribution in [0.3, 0.4) is 0 Å². The predicted molar refractivity (Wildman–Crippen MR) is 108 cm³/mol. The molecule has 1 saturated heterocycles. The molecular formula is C22H21F3N2O2. The minimum absolute atomic E-state index is 0.0356. The maximum Gasteiger partial charge on any atom is 0.417 e. The number of anilines is 1. The summed E-state index contributed by atoms with van der Waals surface area (Å²) < 4.78 is 45.7. The molecule has 0 spiro atoms. The van der Waals surface area contributed by atoms with E-state index in [-0.39, 0.29) is 16.8 Å². The van der Waals surface area contributed by atoms with Crippen LogP contribution in [-0.2, 0) is 10.9 Å². The molecule has 0 bridgehead atoms. The molecule has 0 radical (unpaired) electrons. The Morgan fingerprint density at radius 1 is 1.07 bits per heavy atom. The molecule has 2 aromatic carbocycles. The number of benzene rings is 2. The van der Waals surface area contributed by atoms with Crippen molar-refractivity contribution in [3.8, 4) is 11.3 Å². The van der Waals surface area contributed by atoms with Gasteiger partial charge in [-0.05, 0) is 48.6 Å². The molecule has 0 unspecified atom stereocenters. The van der Waals surface area contributed by atoms with Gasteiger partial charge < -0.3 is 14.6 Å². The number of nitrogens with zero attached hydrogens (tertiary/aromatic N) is 1. The van der Waals surface area contributed by atoms with E-state index in [1.807, 2.05) is 19.9 Å². The lowest BCUT2D eigenvalue weighted by atomic mass is 9.97. The average Bonchev–Trinajstić information content (AvgIpc) is 2.67. The van der Waals surface area contributed by atoms with Gasteiger partial charge in [-0.3, -0.25) is 4.79 Å². The summed E-state index contributed by atoms with van der Waals surface area (Å²) >= 11 is 0. The van der Waals surface area contributed by atoms with Gasteiger partial charge in [-0.1, -0.05) is 18.2 Å².